The molecule has 2 bridgehead atoms. The molecule has 27 heavy (non-hydrogen) atoms. The minimum Gasteiger partial charge on any atom is -0.361 e. The Morgan fingerprint density at radius 1 is 1.22 bits per heavy atom. The summed E-state index contributed by atoms with van der Waals surface area (Å²) in [6.45, 7) is 7.48. The van der Waals surface area contributed by atoms with Crippen LogP contribution in [0.2, 0.25) is 0 Å². The molecule has 0 saturated carbocycles. The van der Waals surface area contributed by atoms with E-state index in [4.69, 9.17) is 4.52 Å². The molecule has 0 unspecified atom stereocenters. The Hall–Kier alpha value is -2.41. The molecule has 7 nitrogen and oxygen atoms in total. The van der Waals surface area contributed by atoms with E-state index in [1.807, 2.05) is 18.7 Å². The molecule has 0 N–H and O–H groups in total. The third-order valence-electron chi connectivity index (χ3n) is 5.88. The van der Waals surface area contributed by atoms with E-state index in [0.29, 0.717) is 5.92 Å². The molecule has 3 aliphatic rings. The Morgan fingerprint density at radius 2 is 2.07 bits per heavy atom. The van der Waals surface area contributed by atoms with Crippen LogP contribution in [-0.4, -0.2) is 51.1 Å². The van der Waals surface area contributed by atoms with Crippen LogP contribution in [0, 0.1) is 19.8 Å². The van der Waals surface area contributed by atoms with Crippen molar-refractivity contribution < 1.29 is 9.32 Å². The van der Waals surface area contributed by atoms with Gasteiger partial charge in [-0.1, -0.05) is 11.2 Å². The van der Waals surface area contributed by atoms with Crippen LogP contribution in [0.1, 0.15) is 29.9 Å². The van der Waals surface area contributed by atoms with Crippen LogP contribution in [0.15, 0.2) is 33.7 Å². The zero-order valence-electron chi connectivity index (χ0n) is 15.9. The maximum Gasteiger partial charge on any atom is 0.250 e. The number of amides is 1. The molecule has 144 valence electrons. The Kier molecular flexibility index (Phi) is 4.86. The van der Waals surface area contributed by atoms with E-state index in [2.05, 4.69) is 10.1 Å². The molecule has 0 aliphatic carbocycles. The van der Waals surface area contributed by atoms with Crippen molar-refractivity contribution in [2.75, 3.05) is 19.6 Å². The minimum atomic E-state index is -0.133. The van der Waals surface area contributed by atoms with Crippen molar-refractivity contribution in [1.29, 1.82) is 0 Å². The molecule has 3 saturated heterocycles. The van der Waals surface area contributed by atoms with Crippen molar-refractivity contribution >= 4 is 5.91 Å². The molecular formula is C20H26N4O3. The zero-order valence-corrected chi connectivity index (χ0v) is 15.9. The topological polar surface area (TPSA) is 71.6 Å². The van der Waals surface area contributed by atoms with Gasteiger partial charge in [0.05, 0.1) is 5.69 Å². The number of carbonyl (C=O) groups is 1. The summed E-state index contributed by atoms with van der Waals surface area (Å²) in [6, 6.07) is 5.18. The normalized spacial score (nSPS) is 22.8. The van der Waals surface area contributed by atoms with E-state index < -0.39 is 0 Å². The zero-order chi connectivity index (χ0) is 19.0. The summed E-state index contributed by atoms with van der Waals surface area (Å²) in [7, 11) is 0. The monoisotopic (exact) mass is 370 g/mol. The smallest absolute Gasteiger partial charge is 0.250 e. The van der Waals surface area contributed by atoms with Gasteiger partial charge in [0.15, 0.2) is 0 Å². The van der Waals surface area contributed by atoms with Crippen molar-refractivity contribution in [3.05, 3.63) is 51.8 Å². The van der Waals surface area contributed by atoms with E-state index in [1.165, 1.54) is 10.6 Å². The van der Waals surface area contributed by atoms with E-state index >= 15 is 0 Å². The third-order valence-corrected chi connectivity index (χ3v) is 5.88. The molecule has 5 heterocycles. The van der Waals surface area contributed by atoms with Crippen LogP contribution in [0.5, 0.6) is 0 Å². The van der Waals surface area contributed by atoms with E-state index in [0.717, 1.165) is 56.0 Å². The van der Waals surface area contributed by atoms with Gasteiger partial charge >= 0.3 is 0 Å². The lowest BCUT2D eigenvalue weighted by Gasteiger charge is -2.36. The Labute approximate surface area is 158 Å². The second-order valence-electron chi connectivity index (χ2n) is 7.81. The second-order valence-corrected chi connectivity index (χ2v) is 7.81. The van der Waals surface area contributed by atoms with Crippen LogP contribution in [0.25, 0.3) is 0 Å². The number of fused-ring (bicyclic) bond motifs is 4. The Bertz CT molecular complexity index is 868. The summed E-state index contributed by atoms with van der Waals surface area (Å²) in [6.07, 6.45) is 3.86. The molecule has 1 amide bonds. The largest absolute Gasteiger partial charge is 0.361 e. The lowest BCUT2D eigenvalue weighted by Crippen LogP contribution is -2.49. The first-order valence-electron chi connectivity index (χ1n) is 9.60. The second kappa shape index (κ2) is 7.31. The molecule has 3 aliphatic heterocycles. The highest BCUT2D eigenvalue weighted by molar-refractivity contribution is 5.76. The van der Waals surface area contributed by atoms with Gasteiger partial charge in [0.25, 0.3) is 5.56 Å². The summed E-state index contributed by atoms with van der Waals surface area (Å²) < 4.78 is 6.79. The highest BCUT2D eigenvalue weighted by Crippen LogP contribution is 2.29. The number of aryl methyl sites for hydroxylation is 2. The lowest BCUT2D eigenvalue weighted by molar-refractivity contribution is -0.136. The highest BCUT2D eigenvalue weighted by Gasteiger charge is 2.37. The van der Waals surface area contributed by atoms with Gasteiger partial charge in [0.1, 0.15) is 12.3 Å². The number of piperidine rings is 1. The first-order valence-corrected chi connectivity index (χ1v) is 9.60. The average Bonchev–Trinajstić information content (AvgIpc) is 2.83. The molecule has 0 radical (unpaired) electrons. The fraction of sp³-hybridized carbons (Fsp3) is 0.550. The van der Waals surface area contributed by atoms with Crippen LogP contribution >= 0.6 is 0 Å². The number of rotatable bonds is 4. The van der Waals surface area contributed by atoms with E-state index in [-0.39, 0.29) is 24.1 Å². The summed E-state index contributed by atoms with van der Waals surface area (Å²) in [4.78, 5) is 29.3. The number of hydrogen-bond acceptors (Lipinski definition) is 5. The van der Waals surface area contributed by atoms with Gasteiger partial charge < -0.3 is 14.0 Å². The van der Waals surface area contributed by atoms with Crippen LogP contribution in [-0.2, 0) is 17.9 Å². The summed E-state index contributed by atoms with van der Waals surface area (Å²) in [5.74, 6) is 1.39. The molecule has 3 fully saturated rings. The fourth-order valence-corrected chi connectivity index (χ4v) is 4.39. The quantitative estimate of drug-likeness (QED) is 0.817. The first kappa shape index (κ1) is 18.0. The molecule has 7 heteroatoms. The van der Waals surface area contributed by atoms with Gasteiger partial charge in [-0.2, -0.15) is 0 Å². The average molecular weight is 370 g/mol. The molecule has 0 aromatic carbocycles. The molecule has 2 atom stereocenters. The van der Waals surface area contributed by atoms with E-state index in [1.54, 1.807) is 18.3 Å². The van der Waals surface area contributed by atoms with Crippen LogP contribution in [0.4, 0.5) is 0 Å². The van der Waals surface area contributed by atoms with Gasteiger partial charge in [-0.15, -0.1) is 0 Å². The third kappa shape index (κ3) is 3.69. The number of pyridine rings is 1. The van der Waals surface area contributed by atoms with Crippen LogP contribution in [0.3, 0.4) is 0 Å². The van der Waals surface area contributed by atoms with Gasteiger partial charge in [-0.05, 0) is 38.7 Å². The maximum absolute atomic E-state index is 12.9. The standard InChI is InChI=1S/C20H26N4O3/c1-14-18(15(2)27-21-14)12-22-9-16-6-7-17(11-22)24(10-16)20(26)13-23-8-4-3-5-19(23)25/h3-5,8,16-17H,6-7,9-13H2,1-2H3/t16-,17+/m1/s1. The summed E-state index contributed by atoms with van der Waals surface area (Å²) >= 11 is 0. The van der Waals surface area contributed by atoms with E-state index in [9.17, 15) is 9.59 Å². The van der Waals surface area contributed by atoms with Gasteiger partial charge in [-0.3, -0.25) is 14.5 Å². The van der Waals surface area contributed by atoms with Crippen LogP contribution < -0.4 is 5.56 Å². The molecule has 0 spiro atoms. The predicted molar refractivity (Wildman–Crippen MR) is 100 cm³/mol. The molecule has 2 aromatic rings. The van der Waals surface area contributed by atoms with Gasteiger partial charge in [0.2, 0.25) is 5.91 Å². The number of nitrogens with zero attached hydrogens (tertiary/aromatic N) is 4. The Morgan fingerprint density at radius 3 is 2.81 bits per heavy atom. The van der Waals surface area contributed by atoms with Gasteiger partial charge in [-0.25, -0.2) is 0 Å². The SMILES string of the molecule is Cc1noc(C)c1CN1C[C@H]2CC[C@@H](C1)N(C(=O)Cn1ccccc1=O)C2. The van der Waals surface area contributed by atoms with Gasteiger partial charge in [0, 0.05) is 50.0 Å². The number of carbonyl (C=O) groups excluding carboxylic acids is 1. The van der Waals surface area contributed by atoms with Crippen molar-refractivity contribution in [3.8, 4) is 0 Å². The maximum atomic E-state index is 12.9. The first-order chi connectivity index (χ1) is 13.0. The summed E-state index contributed by atoms with van der Waals surface area (Å²) in [5.41, 5.74) is 1.97. The highest BCUT2D eigenvalue weighted by atomic mass is 16.5. The minimum absolute atomic E-state index is 0.0391. The fourth-order valence-electron chi connectivity index (χ4n) is 4.39. The van der Waals surface area contributed by atoms with Crippen molar-refractivity contribution in [1.82, 2.24) is 19.5 Å². The van der Waals surface area contributed by atoms with Crippen molar-refractivity contribution in [3.63, 3.8) is 0 Å². The lowest BCUT2D eigenvalue weighted by atomic mass is 9.95. The number of aromatic nitrogens is 2. The molecule has 5 rings (SSSR count). The molecular weight excluding hydrogens is 344 g/mol. The Balaban J connectivity index is 1.47. The molecule has 2 aromatic heterocycles. The van der Waals surface area contributed by atoms with Crippen molar-refractivity contribution in [2.24, 2.45) is 5.92 Å². The van der Waals surface area contributed by atoms with Crippen molar-refractivity contribution in [2.45, 2.75) is 45.8 Å². The number of hydrogen-bond donors (Lipinski definition) is 0. The summed E-state index contributed by atoms with van der Waals surface area (Å²) in [5, 5.41) is 4.06. The predicted octanol–water partition coefficient (Wildman–Crippen LogP) is 1.58.